The number of ether oxygens (including phenoxy) is 2. The summed E-state index contributed by atoms with van der Waals surface area (Å²) < 4.78 is 12.9. The summed E-state index contributed by atoms with van der Waals surface area (Å²) >= 11 is 7.90. The van der Waals surface area contributed by atoms with Crippen LogP contribution in [0, 0.1) is 0 Å². The molecule has 3 aromatic rings. The van der Waals surface area contributed by atoms with Gasteiger partial charge >= 0.3 is 0 Å². The average molecular weight is 485 g/mol. The molecule has 2 aliphatic rings. The maximum absolute atomic E-state index is 12.9. The zero-order valence-electron chi connectivity index (χ0n) is 18.3. The van der Waals surface area contributed by atoms with Gasteiger partial charge < -0.3 is 14.8 Å². The highest BCUT2D eigenvalue weighted by Crippen LogP contribution is 2.39. The SMILES string of the molecule is C[C@@H](Sc1nnc(-c2ccccc2Cl)n1C1CCCC1)C(=O)NCc1ccc2c(c1)OCO2. The molecule has 0 radical (unpaired) electrons. The molecule has 1 saturated carbocycles. The van der Waals surface area contributed by atoms with Crippen molar-refractivity contribution in [1.29, 1.82) is 0 Å². The van der Waals surface area contributed by atoms with E-state index in [0.29, 0.717) is 23.4 Å². The summed E-state index contributed by atoms with van der Waals surface area (Å²) in [5, 5.41) is 13.0. The number of nitrogens with one attached hydrogen (secondary N) is 1. The number of amides is 1. The second-order valence-corrected chi connectivity index (χ2v) is 9.97. The number of aromatic nitrogens is 3. The first kappa shape index (κ1) is 22.1. The van der Waals surface area contributed by atoms with E-state index in [4.69, 9.17) is 21.1 Å². The topological polar surface area (TPSA) is 78.3 Å². The first-order valence-corrected chi connectivity index (χ1v) is 12.4. The maximum atomic E-state index is 12.9. The van der Waals surface area contributed by atoms with Crippen molar-refractivity contribution in [3.05, 3.63) is 53.1 Å². The predicted octanol–water partition coefficient (Wildman–Crippen LogP) is 5.24. The van der Waals surface area contributed by atoms with E-state index in [1.54, 1.807) is 0 Å². The highest BCUT2D eigenvalue weighted by Gasteiger charge is 2.28. The summed E-state index contributed by atoms with van der Waals surface area (Å²) in [6.45, 7) is 2.54. The number of fused-ring (bicyclic) bond motifs is 1. The summed E-state index contributed by atoms with van der Waals surface area (Å²) in [5.74, 6) is 2.15. The van der Waals surface area contributed by atoms with Crippen LogP contribution in [0.1, 0.15) is 44.2 Å². The number of rotatable bonds is 7. The summed E-state index contributed by atoms with van der Waals surface area (Å²) in [4.78, 5) is 12.9. The van der Waals surface area contributed by atoms with Gasteiger partial charge in [0.1, 0.15) is 0 Å². The molecule has 1 aliphatic heterocycles. The molecule has 1 amide bonds. The highest BCUT2D eigenvalue weighted by atomic mass is 35.5. The smallest absolute Gasteiger partial charge is 0.233 e. The molecule has 0 spiro atoms. The Labute approximate surface area is 201 Å². The number of hydrogen-bond donors (Lipinski definition) is 1. The van der Waals surface area contributed by atoms with Gasteiger partial charge in [-0.15, -0.1) is 10.2 Å². The fourth-order valence-electron chi connectivity index (χ4n) is 4.27. The number of halogens is 1. The van der Waals surface area contributed by atoms with Gasteiger partial charge in [-0.1, -0.05) is 54.4 Å². The van der Waals surface area contributed by atoms with E-state index < -0.39 is 0 Å². The molecule has 33 heavy (non-hydrogen) atoms. The molecule has 2 aromatic carbocycles. The lowest BCUT2D eigenvalue weighted by Gasteiger charge is -2.19. The van der Waals surface area contributed by atoms with Crippen LogP contribution in [-0.4, -0.2) is 32.7 Å². The zero-order chi connectivity index (χ0) is 22.8. The van der Waals surface area contributed by atoms with Gasteiger partial charge in [0.05, 0.1) is 10.3 Å². The molecule has 1 aliphatic carbocycles. The summed E-state index contributed by atoms with van der Waals surface area (Å²) in [6, 6.07) is 13.7. The Morgan fingerprint density at radius 3 is 2.79 bits per heavy atom. The molecule has 0 bridgehead atoms. The Kier molecular flexibility index (Phi) is 6.46. The number of thioether (sulfide) groups is 1. The van der Waals surface area contributed by atoms with E-state index in [1.807, 2.05) is 49.4 Å². The van der Waals surface area contributed by atoms with Gasteiger partial charge in [-0.3, -0.25) is 9.36 Å². The summed E-state index contributed by atoms with van der Waals surface area (Å²) in [7, 11) is 0. The highest BCUT2D eigenvalue weighted by molar-refractivity contribution is 8.00. The van der Waals surface area contributed by atoms with Crippen LogP contribution in [0.15, 0.2) is 47.6 Å². The lowest BCUT2D eigenvalue weighted by atomic mass is 10.2. The van der Waals surface area contributed by atoms with Crippen molar-refractivity contribution in [3.63, 3.8) is 0 Å². The number of carbonyl (C=O) groups excluding carboxylic acids is 1. The van der Waals surface area contributed by atoms with E-state index in [0.717, 1.165) is 40.7 Å². The minimum absolute atomic E-state index is 0.0575. The minimum Gasteiger partial charge on any atom is -0.454 e. The monoisotopic (exact) mass is 484 g/mol. The molecule has 1 aromatic heterocycles. The molecule has 2 heterocycles. The second-order valence-electron chi connectivity index (χ2n) is 8.26. The summed E-state index contributed by atoms with van der Waals surface area (Å²) in [6.07, 6.45) is 4.52. The number of hydrogen-bond acceptors (Lipinski definition) is 6. The van der Waals surface area contributed by atoms with Crippen molar-refractivity contribution >= 4 is 29.3 Å². The van der Waals surface area contributed by atoms with Crippen molar-refractivity contribution in [2.45, 2.75) is 55.6 Å². The van der Waals surface area contributed by atoms with Gasteiger partial charge in [0.15, 0.2) is 22.5 Å². The van der Waals surface area contributed by atoms with Crippen LogP contribution in [0.25, 0.3) is 11.4 Å². The van der Waals surface area contributed by atoms with Gasteiger partial charge in [0.25, 0.3) is 0 Å². The van der Waals surface area contributed by atoms with E-state index in [9.17, 15) is 4.79 Å². The van der Waals surface area contributed by atoms with Crippen LogP contribution < -0.4 is 14.8 Å². The third-order valence-corrected chi connectivity index (χ3v) is 7.41. The van der Waals surface area contributed by atoms with Crippen LogP contribution >= 0.6 is 23.4 Å². The van der Waals surface area contributed by atoms with Gasteiger partial charge in [-0.2, -0.15) is 0 Å². The number of benzene rings is 2. The van der Waals surface area contributed by atoms with Crippen molar-refractivity contribution in [3.8, 4) is 22.9 Å². The second kappa shape index (κ2) is 9.65. The number of nitrogens with zero attached hydrogens (tertiary/aromatic N) is 3. The lowest BCUT2D eigenvalue weighted by Crippen LogP contribution is -2.30. The summed E-state index contributed by atoms with van der Waals surface area (Å²) in [5.41, 5.74) is 1.82. The largest absolute Gasteiger partial charge is 0.454 e. The van der Waals surface area contributed by atoms with E-state index in [2.05, 4.69) is 20.1 Å². The van der Waals surface area contributed by atoms with Crippen LogP contribution in [0.3, 0.4) is 0 Å². The number of carbonyl (C=O) groups is 1. The minimum atomic E-state index is -0.331. The molecule has 0 unspecified atom stereocenters. The Morgan fingerprint density at radius 2 is 1.97 bits per heavy atom. The molecule has 0 saturated heterocycles. The fourth-order valence-corrected chi connectivity index (χ4v) is 5.43. The molecule has 1 fully saturated rings. The Balaban J connectivity index is 1.31. The molecule has 5 rings (SSSR count). The first-order chi connectivity index (χ1) is 16.1. The van der Waals surface area contributed by atoms with Gasteiger partial charge in [-0.05, 0) is 49.6 Å². The van der Waals surface area contributed by atoms with Crippen LogP contribution in [0.4, 0.5) is 0 Å². The van der Waals surface area contributed by atoms with Gasteiger partial charge in [0, 0.05) is 18.2 Å². The van der Waals surface area contributed by atoms with E-state index in [1.165, 1.54) is 24.6 Å². The van der Waals surface area contributed by atoms with Gasteiger partial charge in [-0.25, -0.2) is 0 Å². The lowest BCUT2D eigenvalue weighted by molar-refractivity contribution is -0.120. The Morgan fingerprint density at radius 1 is 1.18 bits per heavy atom. The van der Waals surface area contributed by atoms with Gasteiger partial charge in [0.2, 0.25) is 12.7 Å². The van der Waals surface area contributed by atoms with E-state index in [-0.39, 0.29) is 18.0 Å². The van der Waals surface area contributed by atoms with Crippen molar-refractivity contribution in [2.24, 2.45) is 0 Å². The van der Waals surface area contributed by atoms with Crippen molar-refractivity contribution in [1.82, 2.24) is 20.1 Å². The van der Waals surface area contributed by atoms with E-state index >= 15 is 0 Å². The third kappa shape index (κ3) is 4.68. The van der Waals surface area contributed by atoms with Crippen LogP contribution in [-0.2, 0) is 11.3 Å². The quantitative estimate of drug-likeness (QED) is 0.462. The average Bonchev–Trinajstić information content (AvgIpc) is 3.58. The van der Waals surface area contributed by atoms with Crippen molar-refractivity contribution < 1.29 is 14.3 Å². The van der Waals surface area contributed by atoms with Crippen LogP contribution in [0.2, 0.25) is 5.02 Å². The molecule has 172 valence electrons. The maximum Gasteiger partial charge on any atom is 0.233 e. The molecule has 9 heteroatoms. The first-order valence-electron chi connectivity index (χ1n) is 11.1. The molecule has 1 N–H and O–H groups in total. The molecular formula is C24H25ClN4O3S. The Bertz CT molecular complexity index is 1160. The standard InChI is InChI=1S/C24H25ClN4O3S/c1-15(23(30)26-13-16-10-11-20-21(12-16)32-14-31-20)33-24-28-27-22(18-8-4-5-9-19(18)25)29(24)17-6-2-3-7-17/h4-5,8-12,15,17H,2-3,6-7,13-14H2,1H3,(H,26,30)/t15-/m1/s1. The Hall–Kier alpha value is -2.71. The molecular weight excluding hydrogens is 460 g/mol. The fraction of sp³-hybridized carbons (Fsp3) is 0.375. The third-order valence-electron chi connectivity index (χ3n) is 6.02. The van der Waals surface area contributed by atoms with Crippen LogP contribution in [0.5, 0.6) is 11.5 Å². The van der Waals surface area contributed by atoms with Crippen molar-refractivity contribution in [2.75, 3.05) is 6.79 Å². The predicted molar refractivity (Wildman–Crippen MR) is 128 cm³/mol. The molecule has 7 nitrogen and oxygen atoms in total. The normalized spacial score (nSPS) is 16.2. The molecule has 1 atom stereocenters. The zero-order valence-corrected chi connectivity index (χ0v) is 19.9.